The van der Waals surface area contributed by atoms with Gasteiger partial charge in [-0.15, -0.1) is 0 Å². The van der Waals surface area contributed by atoms with Gasteiger partial charge in [-0.3, -0.25) is 9.78 Å². The van der Waals surface area contributed by atoms with Crippen molar-refractivity contribution in [1.29, 1.82) is 0 Å². The number of carbonyl (C=O) groups excluding carboxylic acids is 1. The molecule has 0 unspecified atom stereocenters. The first kappa shape index (κ1) is 13.6. The second-order valence-corrected chi connectivity index (χ2v) is 5.18. The Bertz CT molecular complexity index is 727. The van der Waals surface area contributed by atoms with Crippen LogP contribution in [-0.4, -0.2) is 15.3 Å². The maximum Gasteiger partial charge on any atom is 0.163 e. The summed E-state index contributed by atoms with van der Waals surface area (Å²) in [5.41, 5.74) is 1.68. The van der Waals surface area contributed by atoms with Gasteiger partial charge in [-0.2, -0.15) is 0 Å². The summed E-state index contributed by atoms with van der Waals surface area (Å²) in [4.78, 5) is 16.7. The van der Waals surface area contributed by atoms with Crippen molar-refractivity contribution >= 4 is 16.7 Å². The predicted molar refractivity (Wildman–Crippen MR) is 84.4 cm³/mol. The van der Waals surface area contributed by atoms with Crippen LogP contribution in [0, 0.1) is 0 Å². The SMILES string of the molecule is O=C(CCCCn1cccc1)c1ccnc2ccccc12. The minimum atomic E-state index is 0.209. The van der Waals surface area contributed by atoms with E-state index in [9.17, 15) is 4.79 Å². The first-order chi connectivity index (χ1) is 10.3. The Morgan fingerprint density at radius 2 is 1.81 bits per heavy atom. The number of hydrogen-bond donors (Lipinski definition) is 0. The third kappa shape index (κ3) is 3.19. The van der Waals surface area contributed by atoms with E-state index in [1.807, 2.05) is 42.5 Å². The van der Waals surface area contributed by atoms with Gasteiger partial charge in [0.1, 0.15) is 0 Å². The number of hydrogen-bond acceptors (Lipinski definition) is 2. The summed E-state index contributed by atoms with van der Waals surface area (Å²) in [6, 6.07) is 13.7. The van der Waals surface area contributed by atoms with Crippen LogP contribution in [0.5, 0.6) is 0 Å². The van der Waals surface area contributed by atoms with Crippen LogP contribution < -0.4 is 0 Å². The third-order valence-electron chi connectivity index (χ3n) is 3.69. The number of rotatable bonds is 6. The summed E-state index contributed by atoms with van der Waals surface area (Å²) in [7, 11) is 0. The second kappa shape index (κ2) is 6.35. The number of carbonyl (C=O) groups is 1. The summed E-state index contributed by atoms with van der Waals surface area (Å²) in [5.74, 6) is 0.209. The van der Waals surface area contributed by atoms with E-state index < -0.39 is 0 Å². The lowest BCUT2D eigenvalue weighted by molar-refractivity contribution is 0.0980. The van der Waals surface area contributed by atoms with E-state index in [-0.39, 0.29) is 5.78 Å². The largest absolute Gasteiger partial charge is 0.354 e. The molecule has 21 heavy (non-hydrogen) atoms. The Labute approximate surface area is 124 Å². The molecule has 3 nitrogen and oxygen atoms in total. The van der Waals surface area contributed by atoms with Gasteiger partial charge < -0.3 is 4.57 Å². The fourth-order valence-corrected chi connectivity index (χ4v) is 2.57. The molecule has 2 aromatic heterocycles. The zero-order chi connectivity index (χ0) is 14.5. The number of benzene rings is 1. The lowest BCUT2D eigenvalue weighted by atomic mass is 10.0. The molecule has 0 atom stereocenters. The normalized spacial score (nSPS) is 10.9. The van der Waals surface area contributed by atoms with Crippen molar-refractivity contribution in [2.75, 3.05) is 0 Å². The Balaban J connectivity index is 1.62. The Kier molecular flexibility index (Phi) is 4.10. The van der Waals surface area contributed by atoms with Crippen LogP contribution in [0.2, 0.25) is 0 Å². The Morgan fingerprint density at radius 1 is 1.00 bits per heavy atom. The van der Waals surface area contributed by atoms with Crippen molar-refractivity contribution < 1.29 is 4.79 Å². The maximum atomic E-state index is 12.4. The molecule has 3 heteroatoms. The van der Waals surface area contributed by atoms with Crippen LogP contribution in [0.15, 0.2) is 61.1 Å². The summed E-state index contributed by atoms with van der Waals surface area (Å²) in [6.45, 7) is 0.970. The molecular weight excluding hydrogens is 260 g/mol. The van der Waals surface area contributed by atoms with E-state index in [0.717, 1.165) is 35.9 Å². The molecule has 0 bridgehead atoms. The lowest BCUT2D eigenvalue weighted by Crippen LogP contribution is -2.02. The monoisotopic (exact) mass is 278 g/mol. The predicted octanol–water partition coefficient (Wildman–Crippen LogP) is 4.09. The van der Waals surface area contributed by atoms with Gasteiger partial charge in [0.25, 0.3) is 0 Å². The number of ketones is 1. The van der Waals surface area contributed by atoms with E-state index >= 15 is 0 Å². The molecule has 0 saturated carbocycles. The van der Waals surface area contributed by atoms with Crippen LogP contribution in [0.1, 0.15) is 29.6 Å². The van der Waals surface area contributed by atoms with Crippen molar-refractivity contribution in [2.24, 2.45) is 0 Å². The number of aryl methyl sites for hydroxylation is 1. The van der Waals surface area contributed by atoms with E-state index in [2.05, 4.69) is 21.9 Å². The van der Waals surface area contributed by atoms with Gasteiger partial charge in [-0.1, -0.05) is 18.2 Å². The fourth-order valence-electron chi connectivity index (χ4n) is 2.57. The van der Waals surface area contributed by atoms with Crippen molar-refractivity contribution in [3.05, 3.63) is 66.6 Å². The Morgan fingerprint density at radius 3 is 2.67 bits per heavy atom. The molecule has 0 fully saturated rings. The Hall–Kier alpha value is -2.42. The molecule has 0 amide bonds. The highest BCUT2D eigenvalue weighted by molar-refractivity contribution is 6.07. The minimum absolute atomic E-state index is 0.209. The van der Waals surface area contributed by atoms with E-state index in [1.54, 1.807) is 6.20 Å². The van der Waals surface area contributed by atoms with E-state index in [4.69, 9.17) is 0 Å². The molecule has 0 saturated heterocycles. The number of para-hydroxylation sites is 1. The number of nitrogens with zero attached hydrogens (tertiary/aromatic N) is 2. The highest BCUT2D eigenvalue weighted by Gasteiger charge is 2.09. The van der Waals surface area contributed by atoms with Crippen molar-refractivity contribution in [3.63, 3.8) is 0 Å². The number of pyridine rings is 1. The molecule has 0 aliphatic rings. The highest BCUT2D eigenvalue weighted by Crippen LogP contribution is 2.18. The molecule has 3 rings (SSSR count). The van der Waals surface area contributed by atoms with E-state index in [0.29, 0.717) is 6.42 Å². The van der Waals surface area contributed by atoms with Crippen LogP contribution in [0.4, 0.5) is 0 Å². The zero-order valence-corrected chi connectivity index (χ0v) is 11.9. The molecule has 0 N–H and O–H groups in total. The van der Waals surface area contributed by atoms with Crippen LogP contribution in [-0.2, 0) is 6.54 Å². The quantitative estimate of drug-likeness (QED) is 0.503. The average molecular weight is 278 g/mol. The van der Waals surface area contributed by atoms with Gasteiger partial charge in [-0.25, -0.2) is 0 Å². The molecule has 2 heterocycles. The number of unbranched alkanes of at least 4 members (excludes halogenated alkanes) is 1. The summed E-state index contributed by atoms with van der Waals surface area (Å²) >= 11 is 0. The maximum absolute atomic E-state index is 12.4. The summed E-state index contributed by atoms with van der Waals surface area (Å²) in [5, 5.41) is 0.954. The van der Waals surface area contributed by atoms with Crippen LogP contribution >= 0.6 is 0 Å². The van der Waals surface area contributed by atoms with Crippen LogP contribution in [0.3, 0.4) is 0 Å². The molecule has 0 aliphatic carbocycles. The summed E-state index contributed by atoms with van der Waals surface area (Å²) in [6.07, 6.45) is 8.35. The van der Waals surface area contributed by atoms with Gasteiger partial charge in [0.2, 0.25) is 0 Å². The first-order valence-electron chi connectivity index (χ1n) is 7.32. The van der Waals surface area contributed by atoms with Crippen molar-refractivity contribution in [1.82, 2.24) is 9.55 Å². The first-order valence-corrected chi connectivity index (χ1v) is 7.32. The molecular formula is C18H18N2O. The smallest absolute Gasteiger partial charge is 0.163 e. The lowest BCUT2D eigenvalue weighted by Gasteiger charge is -2.06. The topological polar surface area (TPSA) is 34.9 Å². The average Bonchev–Trinajstić information content (AvgIpc) is 3.04. The van der Waals surface area contributed by atoms with Gasteiger partial charge in [0.05, 0.1) is 5.52 Å². The number of aromatic nitrogens is 2. The van der Waals surface area contributed by atoms with Crippen molar-refractivity contribution in [2.45, 2.75) is 25.8 Å². The summed E-state index contributed by atoms with van der Waals surface area (Å²) < 4.78 is 2.15. The van der Waals surface area contributed by atoms with Crippen molar-refractivity contribution in [3.8, 4) is 0 Å². The van der Waals surface area contributed by atoms with Gasteiger partial charge >= 0.3 is 0 Å². The van der Waals surface area contributed by atoms with Crippen LogP contribution in [0.25, 0.3) is 10.9 Å². The second-order valence-electron chi connectivity index (χ2n) is 5.18. The highest BCUT2D eigenvalue weighted by atomic mass is 16.1. The molecule has 0 radical (unpaired) electrons. The number of Topliss-reactive ketones (excluding diaryl/α,β-unsaturated/α-hetero) is 1. The van der Waals surface area contributed by atoms with Gasteiger partial charge in [0, 0.05) is 42.5 Å². The molecule has 1 aromatic carbocycles. The molecule has 3 aromatic rings. The minimum Gasteiger partial charge on any atom is -0.354 e. The molecule has 0 spiro atoms. The van der Waals surface area contributed by atoms with Gasteiger partial charge in [-0.05, 0) is 37.1 Å². The van der Waals surface area contributed by atoms with Gasteiger partial charge in [0.15, 0.2) is 5.78 Å². The standard InChI is InChI=1S/C18H18N2O/c21-18(9-3-4-12-20-13-5-6-14-20)16-10-11-19-17-8-2-1-7-15(16)17/h1-2,5-8,10-11,13-14H,3-4,9,12H2. The number of fused-ring (bicyclic) bond motifs is 1. The zero-order valence-electron chi connectivity index (χ0n) is 11.9. The third-order valence-corrected chi connectivity index (χ3v) is 3.69. The fraction of sp³-hybridized carbons (Fsp3) is 0.222. The van der Waals surface area contributed by atoms with E-state index in [1.165, 1.54) is 0 Å². The molecule has 106 valence electrons. The molecule has 0 aliphatic heterocycles.